The SMILES string of the molecule is Cc1ccc2cc(C#N)cc(C)c2n1. The minimum atomic E-state index is 0.695. The molecular weight excluding hydrogens is 172 g/mol. The lowest BCUT2D eigenvalue weighted by molar-refractivity contribution is 1.24. The van der Waals surface area contributed by atoms with Crippen LogP contribution in [0.4, 0.5) is 0 Å². The maximum absolute atomic E-state index is 8.81. The highest BCUT2D eigenvalue weighted by atomic mass is 14.7. The summed E-state index contributed by atoms with van der Waals surface area (Å²) in [7, 11) is 0. The first kappa shape index (κ1) is 8.71. The van der Waals surface area contributed by atoms with Crippen molar-refractivity contribution in [2.75, 3.05) is 0 Å². The molecule has 2 nitrogen and oxygen atoms in total. The zero-order valence-corrected chi connectivity index (χ0v) is 8.20. The molecule has 0 atom stereocenters. The summed E-state index contributed by atoms with van der Waals surface area (Å²) in [6, 6.07) is 9.85. The molecule has 1 heterocycles. The number of rotatable bonds is 0. The lowest BCUT2D eigenvalue weighted by atomic mass is 10.1. The smallest absolute Gasteiger partial charge is 0.0991 e. The second-order valence-electron chi connectivity index (χ2n) is 3.43. The van der Waals surface area contributed by atoms with E-state index >= 15 is 0 Å². The molecule has 0 radical (unpaired) electrons. The minimum Gasteiger partial charge on any atom is -0.253 e. The second-order valence-corrected chi connectivity index (χ2v) is 3.43. The van der Waals surface area contributed by atoms with Crippen LogP contribution in [0, 0.1) is 25.2 Å². The van der Waals surface area contributed by atoms with Crippen LogP contribution in [0.5, 0.6) is 0 Å². The fourth-order valence-electron chi connectivity index (χ4n) is 1.58. The predicted molar refractivity (Wildman–Crippen MR) is 55.9 cm³/mol. The number of nitriles is 1. The lowest BCUT2D eigenvalue weighted by Gasteiger charge is -2.02. The molecule has 0 N–H and O–H groups in total. The van der Waals surface area contributed by atoms with Crippen LogP contribution >= 0.6 is 0 Å². The number of benzene rings is 1. The maximum atomic E-state index is 8.81. The average Bonchev–Trinajstić information content (AvgIpc) is 2.19. The van der Waals surface area contributed by atoms with Crippen molar-refractivity contribution in [3.8, 4) is 6.07 Å². The van der Waals surface area contributed by atoms with Crippen LogP contribution in [-0.2, 0) is 0 Å². The highest BCUT2D eigenvalue weighted by Gasteiger charge is 2.01. The summed E-state index contributed by atoms with van der Waals surface area (Å²) in [6.07, 6.45) is 0. The molecule has 0 saturated carbocycles. The summed E-state index contributed by atoms with van der Waals surface area (Å²) in [4.78, 5) is 4.44. The standard InChI is InChI=1S/C12H10N2/c1-8-5-10(7-13)6-11-4-3-9(2)14-12(8)11/h3-6H,1-2H3. The molecule has 0 unspecified atom stereocenters. The summed E-state index contributed by atoms with van der Waals surface area (Å²) < 4.78 is 0. The van der Waals surface area contributed by atoms with E-state index in [1.807, 2.05) is 38.1 Å². The van der Waals surface area contributed by atoms with Gasteiger partial charge in [0, 0.05) is 11.1 Å². The van der Waals surface area contributed by atoms with Gasteiger partial charge in [-0.05, 0) is 37.6 Å². The molecule has 0 saturated heterocycles. The molecule has 1 aromatic carbocycles. The normalized spacial score (nSPS) is 10.1. The fourth-order valence-corrected chi connectivity index (χ4v) is 1.58. The van der Waals surface area contributed by atoms with Crippen LogP contribution in [0.25, 0.3) is 10.9 Å². The summed E-state index contributed by atoms with van der Waals surface area (Å²) >= 11 is 0. The Balaban J connectivity index is 2.84. The van der Waals surface area contributed by atoms with Gasteiger partial charge in [0.15, 0.2) is 0 Å². The molecule has 0 spiro atoms. The number of aryl methyl sites for hydroxylation is 2. The molecule has 0 aliphatic heterocycles. The molecule has 2 heteroatoms. The van der Waals surface area contributed by atoms with Gasteiger partial charge in [-0.25, -0.2) is 0 Å². The molecule has 0 bridgehead atoms. The largest absolute Gasteiger partial charge is 0.253 e. The summed E-state index contributed by atoms with van der Waals surface area (Å²) in [5.41, 5.74) is 3.75. The molecule has 0 aliphatic carbocycles. The zero-order chi connectivity index (χ0) is 10.1. The number of aromatic nitrogens is 1. The van der Waals surface area contributed by atoms with E-state index in [4.69, 9.17) is 5.26 Å². The van der Waals surface area contributed by atoms with Crippen molar-refractivity contribution in [1.82, 2.24) is 4.98 Å². The van der Waals surface area contributed by atoms with Crippen molar-refractivity contribution >= 4 is 10.9 Å². The predicted octanol–water partition coefficient (Wildman–Crippen LogP) is 2.72. The monoisotopic (exact) mass is 182 g/mol. The van der Waals surface area contributed by atoms with Gasteiger partial charge >= 0.3 is 0 Å². The fraction of sp³-hybridized carbons (Fsp3) is 0.167. The minimum absolute atomic E-state index is 0.695. The van der Waals surface area contributed by atoms with E-state index in [9.17, 15) is 0 Å². The molecule has 2 rings (SSSR count). The summed E-state index contributed by atoms with van der Waals surface area (Å²) in [5, 5.41) is 9.84. The van der Waals surface area contributed by atoms with E-state index in [1.165, 1.54) is 0 Å². The Morgan fingerprint density at radius 3 is 2.71 bits per heavy atom. The third-order valence-corrected chi connectivity index (χ3v) is 2.25. The number of hydrogen-bond acceptors (Lipinski definition) is 2. The highest BCUT2D eigenvalue weighted by molar-refractivity contribution is 5.83. The lowest BCUT2D eigenvalue weighted by Crippen LogP contribution is -1.88. The van der Waals surface area contributed by atoms with Gasteiger partial charge in [-0.2, -0.15) is 5.26 Å². The number of pyridine rings is 1. The molecule has 2 aromatic rings. The molecule has 14 heavy (non-hydrogen) atoms. The molecule has 1 aromatic heterocycles. The average molecular weight is 182 g/mol. The van der Waals surface area contributed by atoms with Crippen molar-refractivity contribution in [2.24, 2.45) is 0 Å². The van der Waals surface area contributed by atoms with Gasteiger partial charge in [0.05, 0.1) is 17.1 Å². The Kier molecular flexibility index (Phi) is 1.94. The number of fused-ring (bicyclic) bond motifs is 1. The van der Waals surface area contributed by atoms with Gasteiger partial charge in [-0.15, -0.1) is 0 Å². The Morgan fingerprint density at radius 1 is 1.21 bits per heavy atom. The highest BCUT2D eigenvalue weighted by Crippen LogP contribution is 2.18. The third kappa shape index (κ3) is 1.33. The summed E-state index contributed by atoms with van der Waals surface area (Å²) in [6.45, 7) is 3.95. The van der Waals surface area contributed by atoms with Crippen LogP contribution < -0.4 is 0 Å². The molecular formula is C12H10N2. The van der Waals surface area contributed by atoms with Crippen molar-refractivity contribution in [3.05, 3.63) is 41.1 Å². The van der Waals surface area contributed by atoms with Crippen LogP contribution in [0.2, 0.25) is 0 Å². The van der Waals surface area contributed by atoms with Gasteiger partial charge in [0.2, 0.25) is 0 Å². The topological polar surface area (TPSA) is 36.7 Å². The van der Waals surface area contributed by atoms with E-state index in [0.717, 1.165) is 22.2 Å². The number of nitrogens with zero attached hydrogens (tertiary/aromatic N) is 2. The van der Waals surface area contributed by atoms with Gasteiger partial charge in [0.1, 0.15) is 0 Å². The van der Waals surface area contributed by atoms with Crippen LogP contribution in [0.1, 0.15) is 16.8 Å². The second kappa shape index (κ2) is 3.12. The van der Waals surface area contributed by atoms with Crippen LogP contribution in [0.15, 0.2) is 24.3 Å². The van der Waals surface area contributed by atoms with Crippen LogP contribution in [0.3, 0.4) is 0 Å². The van der Waals surface area contributed by atoms with Gasteiger partial charge in [0.25, 0.3) is 0 Å². The first-order chi connectivity index (χ1) is 6.70. The zero-order valence-electron chi connectivity index (χ0n) is 8.20. The summed E-state index contributed by atoms with van der Waals surface area (Å²) in [5.74, 6) is 0. The Hall–Kier alpha value is -1.88. The maximum Gasteiger partial charge on any atom is 0.0991 e. The van der Waals surface area contributed by atoms with Crippen molar-refractivity contribution in [2.45, 2.75) is 13.8 Å². The van der Waals surface area contributed by atoms with Gasteiger partial charge in [-0.3, -0.25) is 4.98 Å². The first-order valence-corrected chi connectivity index (χ1v) is 4.49. The van der Waals surface area contributed by atoms with Gasteiger partial charge in [-0.1, -0.05) is 6.07 Å². The molecule has 68 valence electrons. The molecule has 0 fully saturated rings. The number of hydrogen-bond donors (Lipinski definition) is 0. The van der Waals surface area contributed by atoms with E-state index in [1.54, 1.807) is 0 Å². The van der Waals surface area contributed by atoms with Crippen molar-refractivity contribution in [1.29, 1.82) is 5.26 Å². The van der Waals surface area contributed by atoms with E-state index in [-0.39, 0.29) is 0 Å². The van der Waals surface area contributed by atoms with E-state index in [2.05, 4.69) is 11.1 Å². The Morgan fingerprint density at radius 2 is 2.00 bits per heavy atom. The van der Waals surface area contributed by atoms with Crippen molar-refractivity contribution < 1.29 is 0 Å². The van der Waals surface area contributed by atoms with E-state index in [0.29, 0.717) is 5.56 Å². The first-order valence-electron chi connectivity index (χ1n) is 4.49. The van der Waals surface area contributed by atoms with E-state index < -0.39 is 0 Å². The van der Waals surface area contributed by atoms with Gasteiger partial charge < -0.3 is 0 Å². The Bertz CT molecular complexity index is 536. The third-order valence-electron chi connectivity index (χ3n) is 2.25. The molecule has 0 amide bonds. The van der Waals surface area contributed by atoms with Crippen LogP contribution in [-0.4, -0.2) is 4.98 Å². The Labute approximate surface area is 82.8 Å². The molecule has 0 aliphatic rings. The van der Waals surface area contributed by atoms with Crippen molar-refractivity contribution in [3.63, 3.8) is 0 Å². The quantitative estimate of drug-likeness (QED) is 0.628.